The smallest absolute Gasteiger partial charge is 0.258 e. The van der Waals surface area contributed by atoms with E-state index in [0.29, 0.717) is 48.5 Å². The summed E-state index contributed by atoms with van der Waals surface area (Å²) >= 11 is 0. The maximum absolute atomic E-state index is 13.0. The van der Waals surface area contributed by atoms with Crippen LogP contribution in [0.3, 0.4) is 0 Å². The van der Waals surface area contributed by atoms with Gasteiger partial charge in [-0.3, -0.25) is 4.98 Å². The number of fused-ring (bicyclic) bond motifs is 1. The van der Waals surface area contributed by atoms with Crippen LogP contribution < -0.4 is 4.74 Å². The Kier molecular flexibility index (Phi) is 4.33. The second-order valence-corrected chi connectivity index (χ2v) is 8.02. The van der Waals surface area contributed by atoms with Crippen molar-refractivity contribution in [2.45, 2.75) is 30.8 Å². The highest BCUT2D eigenvalue weighted by Crippen LogP contribution is 2.26. The highest BCUT2D eigenvalue weighted by Gasteiger charge is 2.34. The molecule has 0 aliphatic carbocycles. The van der Waals surface area contributed by atoms with Gasteiger partial charge in [-0.25, -0.2) is 13.4 Å². The van der Waals surface area contributed by atoms with Gasteiger partial charge in [-0.2, -0.15) is 4.31 Å². The van der Waals surface area contributed by atoms with E-state index in [0.717, 1.165) is 0 Å². The van der Waals surface area contributed by atoms with Crippen molar-refractivity contribution in [2.75, 3.05) is 13.1 Å². The lowest BCUT2D eigenvalue weighted by atomic mass is 10.2. The first-order valence-corrected chi connectivity index (χ1v) is 9.83. The van der Waals surface area contributed by atoms with E-state index in [2.05, 4.69) is 15.1 Å². The number of rotatable bonds is 5. The van der Waals surface area contributed by atoms with Crippen LogP contribution in [0.1, 0.15) is 19.0 Å². The van der Waals surface area contributed by atoms with Crippen molar-refractivity contribution in [1.82, 2.24) is 19.4 Å². The van der Waals surface area contributed by atoms with E-state index >= 15 is 0 Å². The monoisotopic (exact) mass is 374 g/mol. The van der Waals surface area contributed by atoms with Crippen LogP contribution in [-0.2, 0) is 16.4 Å². The van der Waals surface area contributed by atoms with Crippen LogP contribution in [0.25, 0.3) is 11.1 Å². The Morgan fingerprint density at radius 1 is 1.38 bits per heavy atom. The van der Waals surface area contributed by atoms with E-state index in [1.807, 2.05) is 6.92 Å². The summed E-state index contributed by atoms with van der Waals surface area (Å²) in [6.07, 6.45) is 5.66. The average Bonchev–Trinajstić information content (AvgIpc) is 3.29. The van der Waals surface area contributed by atoms with Crippen molar-refractivity contribution in [1.29, 1.82) is 0 Å². The molecule has 1 aliphatic rings. The first-order valence-electron chi connectivity index (χ1n) is 8.39. The number of hydrogen-bond donors (Lipinski definition) is 0. The first-order chi connectivity index (χ1) is 12.6. The number of hydrogen-bond acceptors (Lipinski definition) is 7. The average molecular weight is 374 g/mol. The highest BCUT2D eigenvalue weighted by molar-refractivity contribution is 7.89. The van der Waals surface area contributed by atoms with Gasteiger partial charge in [0.15, 0.2) is 0 Å². The lowest BCUT2D eigenvalue weighted by Gasteiger charge is -2.17. The van der Waals surface area contributed by atoms with Crippen molar-refractivity contribution in [2.24, 2.45) is 0 Å². The van der Waals surface area contributed by atoms with Gasteiger partial charge in [0.25, 0.3) is 5.71 Å². The molecule has 0 unspecified atom stereocenters. The third-order valence-corrected chi connectivity index (χ3v) is 6.23. The third kappa shape index (κ3) is 3.04. The molecule has 0 bridgehead atoms. The molecule has 1 atom stereocenters. The second kappa shape index (κ2) is 6.65. The highest BCUT2D eigenvalue weighted by atomic mass is 32.2. The van der Waals surface area contributed by atoms with Gasteiger partial charge in [0, 0.05) is 12.7 Å². The van der Waals surface area contributed by atoms with E-state index in [1.165, 1.54) is 10.5 Å². The summed E-state index contributed by atoms with van der Waals surface area (Å²) in [4.78, 5) is 8.25. The fourth-order valence-electron chi connectivity index (χ4n) is 3.03. The summed E-state index contributed by atoms with van der Waals surface area (Å²) in [7, 11) is -3.65. The van der Waals surface area contributed by atoms with Crippen LogP contribution in [0.4, 0.5) is 0 Å². The quantitative estimate of drug-likeness (QED) is 0.674. The molecule has 9 heteroatoms. The summed E-state index contributed by atoms with van der Waals surface area (Å²) in [6.45, 7) is 2.62. The summed E-state index contributed by atoms with van der Waals surface area (Å²) < 4.78 is 38.3. The van der Waals surface area contributed by atoms with Gasteiger partial charge in [0.1, 0.15) is 16.7 Å². The minimum atomic E-state index is -3.65. The molecular weight excluding hydrogens is 356 g/mol. The molecule has 4 heterocycles. The number of sulfonamides is 1. The van der Waals surface area contributed by atoms with Crippen molar-refractivity contribution in [3.63, 3.8) is 0 Å². The fourth-order valence-corrected chi connectivity index (χ4v) is 4.49. The molecule has 3 aromatic heterocycles. The molecule has 136 valence electrons. The number of aromatic nitrogens is 3. The lowest BCUT2D eigenvalue weighted by molar-refractivity contribution is 0.214. The Labute approximate surface area is 150 Å². The maximum Gasteiger partial charge on any atom is 0.258 e. The molecule has 3 aromatic rings. The predicted molar refractivity (Wildman–Crippen MR) is 93.2 cm³/mol. The molecule has 1 saturated heterocycles. The van der Waals surface area contributed by atoms with Crippen molar-refractivity contribution in [3.8, 4) is 5.75 Å². The standard InChI is InChI=1S/C17H18N4O4S/c1-2-16-15-8-14(10-19-17(15)25-20-16)26(22,23)21-7-5-13(11-21)24-12-4-3-6-18-9-12/h3-4,6,8-10,13H,2,5,7,11H2,1H3/t13-/m0/s1. The maximum atomic E-state index is 13.0. The molecule has 0 N–H and O–H groups in total. The fraction of sp³-hybridized carbons (Fsp3) is 0.353. The van der Waals surface area contributed by atoms with Gasteiger partial charge in [-0.1, -0.05) is 12.1 Å². The number of pyridine rings is 2. The van der Waals surface area contributed by atoms with Gasteiger partial charge in [0.05, 0.1) is 30.0 Å². The van der Waals surface area contributed by atoms with Gasteiger partial charge in [-0.05, 0) is 31.0 Å². The summed E-state index contributed by atoms with van der Waals surface area (Å²) in [5, 5.41) is 4.56. The molecule has 0 spiro atoms. The molecule has 0 radical (unpaired) electrons. The third-order valence-electron chi connectivity index (χ3n) is 4.40. The van der Waals surface area contributed by atoms with Crippen LogP contribution >= 0.6 is 0 Å². The molecular formula is C17H18N4O4S. The summed E-state index contributed by atoms with van der Waals surface area (Å²) in [6, 6.07) is 5.17. The van der Waals surface area contributed by atoms with E-state index in [1.54, 1.807) is 30.6 Å². The van der Waals surface area contributed by atoms with Crippen LogP contribution in [0, 0.1) is 0 Å². The van der Waals surface area contributed by atoms with Crippen LogP contribution in [0.15, 0.2) is 46.2 Å². The number of ether oxygens (including phenoxy) is 1. The van der Waals surface area contributed by atoms with Crippen molar-refractivity contribution in [3.05, 3.63) is 42.5 Å². The summed E-state index contributed by atoms with van der Waals surface area (Å²) in [5.74, 6) is 0.636. The summed E-state index contributed by atoms with van der Waals surface area (Å²) in [5.41, 5.74) is 1.05. The van der Waals surface area contributed by atoms with Gasteiger partial charge in [0.2, 0.25) is 10.0 Å². The minimum Gasteiger partial charge on any atom is -0.487 e. The Hall–Kier alpha value is -2.52. The van der Waals surface area contributed by atoms with E-state index < -0.39 is 10.0 Å². The van der Waals surface area contributed by atoms with Crippen molar-refractivity contribution >= 4 is 21.1 Å². The molecule has 0 aromatic carbocycles. The van der Waals surface area contributed by atoms with Gasteiger partial charge >= 0.3 is 0 Å². The molecule has 26 heavy (non-hydrogen) atoms. The van der Waals surface area contributed by atoms with E-state index in [4.69, 9.17) is 9.26 Å². The molecule has 8 nitrogen and oxygen atoms in total. The Bertz CT molecular complexity index is 1020. The predicted octanol–water partition coefficient (Wildman–Crippen LogP) is 2.02. The SMILES string of the molecule is CCc1noc2ncc(S(=O)(=O)N3CC[C@H](Oc4cccnc4)C3)cc12. The van der Waals surface area contributed by atoms with Crippen LogP contribution in [-0.4, -0.2) is 47.0 Å². The largest absolute Gasteiger partial charge is 0.487 e. The van der Waals surface area contributed by atoms with Crippen LogP contribution in [0.2, 0.25) is 0 Å². The molecule has 1 aliphatic heterocycles. The number of aryl methyl sites for hydroxylation is 1. The van der Waals surface area contributed by atoms with E-state index in [-0.39, 0.29) is 11.0 Å². The van der Waals surface area contributed by atoms with Gasteiger partial charge in [-0.15, -0.1) is 0 Å². The topological polar surface area (TPSA) is 98.4 Å². The Morgan fingerprint density at radius 3 is 3.04 bits per heavy atom. The Morgan fingerprint density at radius 2 is 2.27 bits per heavy atom. The zero-order chi connectivity index (χ0) is 18.1. The van der Waals surface area contributed by atoms with E-state index in [9.17, 15) is 8.42 Å². The zero-order valence-electron chi connectivity index (χ0n) is 14.2. The van der Waals surface area contributed by atoms with Crippen molar-refractivity contribution < 1.29 is 17.7 Å². The lowest BCUT2D eigenvalue weighted by Crippen LogP contribution is -2.31. The second-order valence-electron chi connectivity index (χ2n) is 6.09. The molecule has 1 fully saturated rings. The minimum absolute atomic E-state index is 0.143. The molecule has 4 rings (SSSR count). The van der Waals surface area contributed by atoms with Gasteiger partial charge < -0.3 is 9.26 Å². The zero-order valence-corrected chi connectivity index (χ0v) is 15.0. The first kappa shape index (κ1) is 16.9. The Balaban J connectivity index is 1.55. The van der Waals surface area contributed by atoms with Crippen LogP contribution in [0.5, 0.6) is 5.75 Å². The number of nitrogens with zero attached hydrogens (tertiary/aromatic N) is 4. The molecule has 0 saturated carbocycles. The normalized spacial score (nSPS) is 18.4. The molecule has 0 amide bonds.